The summed E-state index contributed by atoms with van der Waals surface area (Å²) in [6.45, 7) is 3.40. The molecular weight excluding hydrogens is 232 g/mol. The van der Waals surface area contributed by atoms with Gasteiger partial charge in [0.15, 0.2) is 0 Å². The third-order valence-electron chi connectivity index (χ3n) is 3.81. The van der Waals surface area contributed by atoms with E-state index in [1.807, 2.05) is 0 Å². The Balaban J connectivity index is 1.86. The van der Waals surface area contributed by atoms with Crippen molar-refractivity contribution in [2.45, 2.75) is 23.9 Å². The molecule has 2 unspecified atom stereocenters. The van der Waals surface area contributed by atoms with Gasteiger partial charge >= 0.3 is 0 Å². The summed E-state index contributed by atoms with van der Waals surface area (Å²) in [5.74, 6) is 1.90. The first-order valence-electron chi connectivity index (χ1n) is 6.22. The van der Waals surface area contributed by atoms with E-state index in [0.29, 0.717) is 6.04 Å². The van der Waals surface area contributed by atoms with Gasteiger partial charge in [-0.05, 0) is 25.0 Å². The highest BCUT2D eigenvalue weighted by molar-refractivity contribution is 7.98. The number of nitrogens with zero attached hydrogens (tertiary/aromatic N) is 3. The van der Waals surface area contributed by atoms with Crippen LogP contribution in [0.25, 0.3) is 0 Å². The van der Waals surface area contributed by atoms with Crippen molar-refractivity contribution in [3.05, 3.63) is 12.4 Å². The maximum atomic E-state index is 4.45. The van der Waals surface area contributed by atoms with Gasteiger partial charge in [0.25, 0.3) is 0 Å². The molecule has 17 heavy (non-hydrogen) atoms. The summed E-state index contributed by atoms with van der Waals surface area (Å²) in [4.78, 5) is 11.2. The Morgan fingerprint density at radius 2 is 2.35 bits per heavy atom. The number of rotatable bonds is 2. The minimum absolute atomic E-state index is 0.633. The predicted octanol–water partition coefficient (Wildman–Crippen LogP) is 1.39. The maximum absolute atomic E-state index is 4.45. The standard InChI is InChI=1S/C12H18N4S/c1-17-12-5-11(14-8-15-12)16-4-2-3-9-6-13-7-10(9)16/h5,8-10,13H,2-4,6-7H2,1H3. The molecule has 0 saturated carbocycles. The highest BCUT2D eigenvalue weighted by Gasteiger charge is 2.35. The molecule has 5 heteroatoms. The molecular formula is C12H18N4S. The second-order valence-electron chi connectivity index (χ2n) is 4.74. The Labute approximate surface area is 106 Å². The van der Waals surface area contributed by atoms with Gasteiger partial charge in [-0.25, -0.2) is 9.97 Å². The van der Waals surface area contributed by atoms with E-state index < -0.39 is 0 Å². The summed E-state index contributed by atoms with van der Waals surface area (Å²) in [6, 6.07) is 2.75. The van der Waals surface area contributed by atoms with E-state index in [1.54, 1.807) is 18.1 Å². The van der Waals surface area contributed by atoms with Crippen molar-refractivity contribution in [3.8, 4) is 0 Å². The van der Waals surface area contributed by atoms with Crippen molar-refractivity contribution < 1.29 is 0 Å². The van der Waals surface area contributed by atoms with E-state index in [9.17, 15) is 0 Å². The van der Waals surface area contributed by atoms with Gasteiger partial charge < -0.3 is 10.2 Å². The fourth-order valence-electron chi connectivity index (χ4n) is 2.95. The van der Waals surface area contributed by atoms with Crippen LogP contribution in [0.3, 0.4) is 0 Å². The number of hydrogen-bond acceptors (Lipinski definition) is 5. The first-order chi connectivity index (χ1) is 8.38. The molecule has 0 aromatic carbocycles. The smallest absolute Gasteiger partial charge is 0.133 e. The van der Waals surface area contributed by atoms with Crippen LogP contribution in [-0.4, -0.2) is 41.9 Å². The Hall–Kier alpha value is -0.810. The lowest BCUT2D eigenvalue weighted by molar-refractivity contribution is 0.383. The molecule has 3 rings (SSSR count). The van der Waals surface area contributed by atoms with Crippen molar-refractivity contribution >= 4 is 17.6 Å². The molecule has 1 N–H and O–H groups in total. The molecule has 2 fully saturated rings. The lowest BCUT2D eigenvalue weighted by Crippen LogP contribution is -2.45. The predicted molar refractivity (Wildman–Crippen MR) is 70.5 cm³/mol. The topological polar surface area (TPSA) is 41.0 Å². The van der Waals surface area contributed by atoms with E-state index in [1.165, 1.54) is 19.4 Å². The quantitative estimate of drug-likeness (QED) is 0.634. The van der Waals surface area contributed by atoms with Crippen LogP contribution in [0.1, 0.15) is 12.8 Å². The molecule has 2 saturated heterocycles. The summed E-state index contributed by atoms with van der Waals surface area (Å²) in [6.07, 6.45) is 6.38. The zero-order valence-electron chi connectivity index (χ0n) is 10.1. The van der Waals surface area contributed by atoms with Crippen LogP contribution in [-0.2, 0) is 0 Å². The molecule has 0 aliphatic carbocycles. The van der Waals surface area contributed by atoms with Crippen LogP contribution in [0.15, 0.2) is 17.4 Å². The van der Waals surface area contributed by atoms with Gasteiger partial charge in [-0.3, -0.25) is 0 Å². The Morgan fingerprint density at radius 3 is 3.24 bits per heavy atom. The summed E-state index contributed by atoms with van der Waals surface area (Å²) in [7, 11) is 0. The minimum atomic E-state index is 0.633. The molecule has 4 nitrogen and oxygen atoms in total. The number of nitrogens with one attached hydrogen (secondary N) is 1. The van der Waals surface area contributed by atoms with Crippen LogP contribution < -0.4 is 10.2 Å². The van der Waals surface area contributed by atoms with Gasteiger partial charge in [-0.2, -0.15) is 0 Å². The van der Waals surface area contributed by atoms with Crippen LogP contribution in [0.2, 0.25) is 0 Å². The van der Waals surface area contributed by atoms with Gasteiger partial charge in [0.1, 0.15) is 17.2 Å². The fraction of sp³-hybridized carbons (Fsp3) is 0.667. The van der Waals surface area contributed by atoms with Gasteiger partial charge in [0.05, 0.1) is 0 Å². The first kappa shape index (κ1) is 11.3. The Kier molecular flexibility index (Phi) is 3.20. The molecule has 92 valence electrons. The second kappa shape index (κ2) is 4.82. The number of anilines is 1. The van der Waals surface area contributed by atoms with Gasteiger partial charge in [-0.15, -0.1) is 11.8 Å². The number of thioether (sulfide) groups is 1. The van der Waals surface area contributed by atoms with Crippen LogP contribution >= 0.6 is 11.8 Å². The molecule has 0 spiro atoms. The van der Waals surface area contributed by atoms with Crippen molar-refractivity contribution in [1.29, 1.82) is 0 Å². The normalized spacial score (nSPS) is 28.2. The van der Waals surface area contributed by atoms with Crippen LogP contribution in [0.4, 0.5) is 5.82 Å². The molecule has 2 atom stereocenters. The molecule has 2 aliphatic heterocycles. The van der Waals surface area contributed by atoms with E-state index >= 15 is 0 Å². The summed E-state index contributed by atoms with van der Waals surface area (Å²) in [5, 5.41) is 4.56. The molecule has 0 amide bonds. The average Bonchev–Trinajstić information content (AvgIpc) is 2.87. The number of hydrogen-bond donors (Lipinski definition) is 1. The number of fused-ring (bicyclic) bond motifs is 1. The summed E-state index contributed by atoms with van der Waals surface area (Å²) < 4.78 is 0. The van der Waals surface area contributed by atoms with Crippen molar-refractivity contribution in [2.24, 2.45) is 5.92 Å². The van der Waals surface area contributed by atoms with Gasteiger partial charge in [0.2, 0.25) is 0 Å². The minimum Gasteiger partial charge on any atom is -0.352 e. The average molecular weight is 250 g/mol. The summed E-state index contributed by atoms with van der Waals surface area (Å²) in [5.41, 5.74) is 0. The zero-order chi connectivity index (χ0) is 11.7. The van der Waals surface area contributed by atoms with Crippen LogP contribution in [0, 0.1) is 5.92 Å². The van der Waals surface area contributed by atoms with E-state index in [0.717, 1.165) is 29.9 Å². The largest absolute Gasteiger partial charge is 0.352 e. The number of piperidine rings is 1. The molecule has 3 heterocycles. The molecule has 1 aromatic rings. The second-order valence-corrected chi connectivity index (χ2v) is 5.57. The third-order valence-corrected chi connectivity index (χ3v) is 4.45. The monoisotopic (exact) mass is 250 g/mol. The summed E-state index contributed by atoms with van der Waals surface area (Å²) >= 11 is 1.68. The van der Waals surface area contributed by atoms with Gasteiger partial charge in [-0.1, -0.05) is 0 Å². The van der Waals surface area contributed by atoms with E-state index in [-0.39, 0.29) is 0 Å². The SMILES string of the molecule is CSc1cc(N2CCCC3CNCC32)ncn1. The third kappa shape index (κ3) is 2.13. The van der Waals surface area contributed by atoms with Gasteiger partial charge in [0, 0.05) is 31.7 Å². The van der Waals surface area contributed by atoms with Crippen molar-refractivity contribution in [2.75, 3.05) is 30.8 Å². The van der Waals surface area contributed by atoms with Crippen molar-refractivity contribution in [3.63, 3.8) is 0 Å². The first-order valence-corrected chi connectivity index (χ1v) is 7.44. The molecule has 1 aromatic heterocycles. The van der Waals surface area contributed by atoms with E-state index in [4.69, 9.17) is 0 Å². The molecule has 0 radical (unpaired) electrons. The highest BCUT2D eigenvalue weighted by atomic mass is 32.2. The number of aromatic nitrogens is 2. The van der Waals surface area contributed by atoms with Crippen LogP contribution in [0.5, 0.6) is 0 Å². The van der Waals surface area contributed by atoms with Crippen molar-refractivity contribution in [1.82, 2.24) is 15.3 Å². The Morgan fingerprint density at radius 1 is 1.41 bits per heavy atom. The fourth-order valence-corrected chi connectivity index (χ4v) is 3.33. The van der Waals surface area contributed by atoms with E-state index in [2.05, 4.69) is 32.5 Å². The zero-order valence-corrected chi connectivity index (χ0v) is 10.9. The lowest BCUT2D eigenvalue weighted by atomic mass is 9.92. The molecule has 0 bridgehead atoms. The highest BCUT2D eigenvalue weighted by Crippen LogP contribution is 2.30. The molecule has 2 aliphatic rings. The lowest BCUT2D eigenvalue weighted by Gasteiger charge is -2.37. The maximum Gasteiger partial charge on any atom is 0.133 e. The Bertz CT molecular complexity index is 398.